The number of H-pyrrole nitrogens is 1. The molecule has 0 saturated heterocycles. The molecule has 0 bridgehead atoms. The number of nitrogens with zero attached hydrogens (tertiary/aromatic N) is 3. The average Bonchev–Trinajstić information content (AvgIpc) is 2.66. The van der Waals surface area contributed by atoms with Crippen molar-refractivity contribution in [3.8, 4) is 0 Å². The van der Waals surface area contributed by atoms with Crippen molar-refractivity contribution in [2.45, 2.75) is 31.7 Å². The minimum Gasteiger partial charge on any atom is -0.363 e. The molecule has 2 heterocycles. The Labute approximate surface area is 103 Å². The van der Waals surface area contributed by atoms with Crippen molar-refractivity contribution in [1.82, 2.24) is 19.6 Å². The minimum atomic E-state index is -0.265. The SMILES string of the molecule is Cc1nc(NC2(CN)CCC2)cc2n[nH]c(=O)n12. The van der Waals surface area contributed by atoms with E-state index in [2.05, 4.69) is 20.5 Å². The molecule has 3 rings (SSSR count). The van der Waals surface area contributed by atoms with Gasteiger partial charge in [-0.05, 0) is 26.2 Å². The fourth-order valence-corrected chi connectivity index (χ4v) is 2.42. The van der Waals surface area contributed by atoms with E-state index in [1.54, 1.807) is 13.0 Å². The fourth-order valence-electron chi connectivity index (χ4n) is 2.42. The zero-order valence-electron chi connectivity index (χ0n) is 10.2. The Bertz CT molecular complexity index is 633. The van der Waals surface area contributed by atoms with Crippen molar-refractivity contribution in [2.24, 2.45) is 5.73 Å². The van der Waals surface area contributed by atoms with E-state index in [0.717, 1.165) is 18.7 Å². The second kappa shape index (κ2) is 3.81. The van der Waals surface area contributed by atoms with Gasteiger partial charge in [0.1, 0.15) is 11.6 Å². The molecule has 2 aromatic rings. The first-order valence-corrected chi connectivity index (χ1v) is 6.07. The number of fused-ring (bicyclic) bond motifs is 1. The second-order valence-electron chi connectivity index (χ2n) is 4.87. The molecule has 1 aliphatic carbocycles. The number of nitrogens with two attached hydrogens (primary N) is 1. The topological polar surface area (TPSA) is 101 Å². The number of aromatic nitrogens is 4. The first-order chi connectivity index (χ1) is 8.63. The van der Waals surface area contributed by atoms with Gasteiger partial charge in [-0.1, -0.05) is 0 Å². The molecule has 7 heteroatoms. The molecule has 0 spiro atoms. The Balaban J connectivity index is 2.00. The summed E-state index contributed by atoms with van der Waals surface area (Å²) < 4.78 is 1.45. The van der Waals surface area contributed by atoms with Crippen LogP contribution in [0, 0.1) is 6.92 Å². The van der Waals surface area contributed by atoms with Gasteiger partial charge >= 0.3 is 5.69 Å². The van der Waals surface area contributed by atoms with Gasteiger partial charge in [0, 0.05) is 12.6 Å². The summed E-state index contributed by atoms with van der Waals surface area (Å²) in [5, 5.41) is 9.75. The van der Waals surface area contributed by atoms with Crippen LogP contribution < -0.4 is 16.7 Å². The lowest BCUT2D eigenvalue weighted by molar-refractivity contribution is 0.286. The van der Waals surface area contributed by atoms with Crippen LogP contribution in [0.25, 0.3) is 5.65 Å². The molecule has 0 unspecified atom stereocenters. The summed E-state index contributed by atoms with van der Waals surface area (Å²) in [5.41, 5.74) is 6.08. The van der Waals surface area contributed by atoms with Gasteiger partial charge in [0.05, 0.1) is 5.54 Å². The number of anilines is 1. The molecule has 0 aliphatic heterocycles. The van der Waals surface area contributed by atoms with Gasteiger partial charge in [-0.25, -0.2) is 19.3 Å². The fraction of sp³-hybridized carbons (Fsp3) is 0.545. The third-order valence-electron chi connectivity index (χ3n) is 3.66. The molecule has 18 heavy (non-hydrogen) atoms. The van der Waals surface area contributed by atoms with Crippen LogP contribution in [-0.4, -0.2) is 31.7 Å². The largest absolute Gasteiger partial charge is 0.363 e. The third-order valence-corrected chi connectivity index (χ3v) is 3.66. The Hall–Kier alpha value is -1.89. The van der Waals surface area contributed by atoms with E-state index < -0.39 is 0 Å². The maximum atomic E-state index is 11.5. The third kappa shape index (κ3) is 1.59. The maximum Gasteiger partial charge on any atom is 0.349 e. The van der Waals surface area contributed by atoms with Crippen LogP contribution in [-0.2, 0) is 0 Å². The van der Waals surface area contributed by atoms with Crippen molar-refractivity contribution in [1.29, 1.82) is 0 Å². The minimum absolute atomic E-state index is 0.0333. The van der Waals surface area contributed by atoms with E-state index in [0.29, 0.717) is 18.0 Å². The van der Waals surface area contributed by atoms with Gasteiger partial charge in [0.2, 0.25) is 0 Å². The van der Waals surface area contributed by atoms with Gasteiger partial charge in [-0.15, -0.1) is 0 Å². The molecule has 1 saturated carbocycles. The quantitative estimate of drug-likeness (QED) is 0.710. The van der Waals surface area contributed by atoms with Crippen molar-refractivity contribution in [3.05, 3.63) is 22.4 Å². The van der Waals surface area contributed by atoms with E-state index in [1.165, 1.54) is 10.8 Å². The summed E-state index contributed by atoms with van der Waals surface area (Å²) in [5.74, 6) is 1.34. The number of hydrogen-bond donors (Lipinski definition) is 3. The van der Waals surface area contributed by atoms with E-state index in [1.807, 2.05) is 0 Å². The Morgan fingerprint density at radius 2 is 2.39 bits per heavy atom. The number of rotatable bonds is 3. The lowest BCUT2D eigenvalue weighted by Crippen LogP contribution is -2.51. The summed E-state index contributed by atoms with van der Waals surface area (Å²) in [6, 6.07) is 1.76. The van der Waals surface area contributed by atoms with Crippen molar-refractivity contribution in [2.75, 3.05) is 11.9 Å². The lowest BCUT2D eigenvalue weighted by atomic mass is 9.77. The van der Waals surface area contributed by atoms with Crippen LogP contribution in [0.1, 0.15) is 25.1 Å². The molecule has 0 aromatic carbocycles. The number of aromatic amines is 1. The van der Waals surface area contributed by atoms with Crippen molar-refractivity contribution < 1.29 is 0 Å². The van der Waals surface area contributed by atoms with E-state index in [4.69, 9.17) is 5.73 Å². The van der Waals surface area contributed by atoms with Gasteiger partial charge in [-0.2, -0.15) is 5.10 Å². The zero-order chi connectivity index (χ0) is 12.8. The molecular formula is C11H16N6O. The normalized spacial score (nSPS) is 17.7. The van der Waals surface area contributed by atoms with Gasteiger partial charge in [0.15, 0.2) is 5.65 Å². The van der Waals surface area contributed by atoms with Gasteiger partial charge in [0.25, 0.3) is 0 Å². The summed E-state index contributed by atoms with van der Waals surface area (Å²) in [4.78, 5) is 15.9. The zero-order valence-corrected chi connectivity index (χ0v) is 10.2. The van der Waals surface area contributed by atoms with Crippen LogP contribution in [0.5, 0.6) is 0 Å². The first kappa shape index (κ1) is 11.2. The summed E-state index contributed by atoms with van der Waals surface area (Å²) in [6.45, 7) is 2.37. The Kier molecular flexibility index (Phi) is 2.37. The van der Waals surface area contributed by atoms with E-state index >= 15 is 0 Å². The van der Waals surface area contributed by atoms with Crippen molar-refractivity contribution >= 4 is 11.5 Å². The molecule has 96 valence electrons. The highest BCUT2D eigenvalue weighted by Crippen LogP contribution is 2.33. The number of hydrogen-bond acceptors (Lipinski definition) is 5. The predicted octanol–water partition coefficient (Wildman–Crippen LogP) is 0.0193. The van der Waals surface area contributed by atoms with Gasteiger partial charge in [-0.3, -0.25) is 0 Å². The van der Waals surface area contributed by atoms with Gasteiger partial charge < -0.3 is 11.1 Å². The lowest BCUT2D eigenvalue weighted by Gasteiger charge is -2.42. The molecule has 1 fully saturated rings. The van der Waals surface area contributed by atoms with E-state index in [9.17, 15) is 4.79 Å². The number of nitrogens with one attached hydrogen (secondary N) is 2. The monoisotopic (exact) mass is 248 g/mol. The molecule has 2 aromatic heterocycles. The average molecular weight is 248 g/mol. The summed E-state index contributed by atoms with van der Waals surface area (Å²) >= 11 is 0. The summed E-state index contributed by atoms with van der Waals surface area (Å²) in [7, 11) is 0. The molecular weight excluding hydrogens is 232 g/mol. The number of aryl methyl sites for hydroxylation is 1. The molecule has 1 aliphatic rings. The highest BCUT2D eigenvalue weighted by molar-refractivity contribution is 5.51. The van der Waals surface area contributed by atoms with Crippen LogP contribution in [0.4, 0.5) is 5.82 Å². The predicted molar refractivity (Wildman–Crippen MR) is 67.6 cm³/mol. The Morgan fingerprint density at radius 1 is 1.61 bits per heavy atom. The molecule has 0 radical (unpaired) electrons. The summed E-state index contributed by atoms with van der Waals surface area (Å²) in [6.07, 6.45) is 3.30. The van der Waals surface area contributed by atoms with Crippen molar-refractivity contribution in [3.63, 3.8) is 0 Å². The van der Waals surface area contributed by atoms with Crippen LogP contribution in [0.2, 0.25) is 0 Å². The molecule has 7 nitrogen and oxygen atoms in total. The second-order valence-corrected chi connectivity index (χ2v) is 4.87. The highest BCUT2D eigenvalue weighted by Gasteiger charge is 2.35. The molecule has 0 amide bonds. The maximum absolute atomic E-state index is 11.5. The Morgan fingerprint density at radius 3 is 3.00 bits per heavy atom. The van der Waals surface area contributed by atoms with E-state index in [-0.39, 0.29) is 11.2 Å². The highest BCUT2D eigenvalue weighted by atomic mass is 16.1. The van der Waals surface area contributed by atoms with Crippen LogP contribution >= 0.6 is 0 Å². The molecule has 4 N–H and O–H groups in total. The van der Waals surface area contributed by atoms with Crippen LogP contribution in [0.3, 0.4) is 0 Å². The smallest absolute Gasteiger partial charge is 0.349 e. The first-order valence-electron chi connectivity index (χ1n) is 6.07. The standard InChI is InChI=1S/C11H16N6O/c1-7-13-8(14-11(6-12)3-2-4-11)5-9-15-16-10(18)17(7)9/h5,14H,2-4,6,12H2,1H3,(H,16,18). The van der Waals surface area contributed by atoms with Crippen LogP contribution in [0.15, 0.2) is 10.9 Å². The molecule has 0 atom stereocenters.